The van der Waals surface area contributed by atoms with E-state index in [1.54, 1.807) is 31.2 Å². The number of urea groups is 1. The van der Waals surface area contributed by atoms with Crippen LogP contribution in [0.15, 0.2) is 24.3 Å². The molecule has 6 nitrogen and oxygen atoms in total. The van der Waals surface area contributed by atoms with Gasteiger partial charge in [-0.25, -0.2) is 4.79 Å². The predicted octanol–water partition coefficient (Wildman–Crippen LogP) is 1.71. The molecule has 2 amide bonds. The molecule has 0 bridgehead atoms. The minimum Gasteiger partial charge on any atom is -0.480 e. The lowest BCUT2D eigenvalue weighted by molar-refractivity contribution is -0.135. The van der Waals surface area contributed by atoms with Gasteiger partial charge in [-0.05, 0) is 24.3 Å². The molecule has 0 heterocycles. The summed E-state index contributed by atoms with van der Waals surface area (Å²) in [6.07, 6.45) is 0. The third-order valence-electron chi connectivity index (χ3n) is 2.60. The third-order valence-corrected chi connectivity index (χ3v) is 4.16. The zero-order chi connectivity index (χ0) is 15.8. The molecular formula is C13H17ClN2O4S. The van der Waals surface area contributed by atoms with Gasteiger partial charge in [0.1, 0.15) is 6.54 Å². The fraction of sp³-hybridized carbons (Fsp3) is 0.385. The van der Waals surface area contributed by atoms with Gasteiger partial charge in [-0.3, -0.25) is 13.9 Å². The first-order valence-electron chi connectivity index (χ1n) is 6.31. The Balaban J connectivity index is 2.72. The highest BCUT2D eigenvalue weighted by atomic mass is 35.5. The number of anilines is 1. The molecule has 0 aliphatic rings. The summed E-state index contributed by atoms with van der Waals surface area (Å²) in [5, 5.41) is 12.0. The molecule has 8 heteroatoms. The summed E-state index contributed by atoms with van der Waals surface area (Å²) >= 11 is 5.77. The van der Waals surface area contributed by atoms with E-state index in [2.05, 4.69) is 5.32 Å². The Hall–Kier alpha value is -1.60. The molecule has 1 rings (SSSR count). The molecule has 0 fully saturated rings. The molecular weight excluding hydrogens is 316 g/mol. The summed E-state index contributed by atoms with van der Waals surface area (Å²) in [5.41, 5.74) is 0.427. The molecule has 0 radical (unpaired) electrons. The summed E-state index contributed by atoms with van der Waals surface area (Å²) in [6, 6.07) is 5.73. The minimum absolute atomic E-state index is 0.225. The van der Waals surface area contributed by atoms with Gasteiger partial charge in [0.2, 0.25) is 0 Å². The van der Waals surface area contributed by atoms with E-state index >= 15 is 0 Å². The van der Waals surface area contributed by atoms with Crippen LogP contribution in [-0.4, -0.2) is 45.9 Å². The van der Waals surface area contributed by atoms with Gasteiger partial charge in [0.05, 0.1) is 0 Å². The van der Waals surface area contributed by atoms with E-state index in [9.17, 15) is 13.8 Å². The van der Waals surface area contributed by atoms with Gasteiger partial charge in [0.25, 0.3) is 0 Å². The highest BCUT2D eigenvalue weighted by molar-refractivity contribution is 7.84. The van der Waals surface area contributed by atoms with Crippen LogP contribution in [0.3, 0.4) is 0 Å². The molecule has 0 saturated carbocycles. The normalized spacial score (nSPS) is 11.7. The Kier molecular flexibility index (Phi) is 7.18. The first-order valence-corrected chi connectivity index (χ1v) is 8.18. The third kappa shape index (κ3) is 6.14. The van der Waals surface area contributed by atoms with Gasteiger partial charge in [0, 0.05) is 39.6 Å². The van der Waals surface area contributed by atoms with Crippen LogP contribution >= 0.6 is 11.6 Å². The molecule has 1 aromatic carbocycles. The number of nitrogens with zero attached hydrogens (tertiary/aromatic N) is 1. The standard InChI is InChI=1S/C13H17ClN2O4S/c1-2-21(20)8-7-15-13(19)16(9-12(17)18)11-5-3-10(14)4-6-11/h3-6H,2,7-9H2,1H3,(H,15,19)(H,17,18). The molecule has 1 atom stereocenters. The second-order valence-corrected chi connectivity index (χ2v) is 6.42. The van der Waals surface area contributed by atoms with Gasteiger partial charge < -0.3 is 10.4 Å². The highest BCUT2D eigenvalue weighted by Crippen LogP contribution is 2.18. The van der Waals surface area contributed by atoms with E-state index in [1.165, 1.54) is 0 Å². The zero-order valence-corrected chi connectivity index (χ0v) is 13.1. The lowest BCUT2D eigenvalue weighted by Crippen LogP contribution is -2.44. The van der Waals surface area contributed by atoms with Gasteiger partial charge in [-0.15, -0.1) is 0 Å². The van der Waals surface area contributed by atoms with Gasteiger partial charge >= 0.3 is 12.0 Å². The van der Waals surface area contributed by atoms with E-state index in [0.29, 0.717) is 22.2 Å². The van der Waals surface area contributed by atoms with Gasteiger partial charge in [-0.1, -0.05) is 18.5 Å². The highest BCUT2D eigenvalue weighted by Gasteiger charge is 2.18. The molecule has 0 aliphatic heterocycles. The Bertz CT molecular complexity index is 521. The van der Waals surface area contributed by atoms with Gasteiger partial charge in [0.15, 0.2) is 0 Å². The summed E-state index contributed by atoms with van der Waals surface area (Å²) in [5.74, 6) is -0.271. The van der Waals surface area contributed by atoms with E-state index in [4.69, 9.17) is 16.7 Å². The van der Waals surface area contributed by atoms with E-state index in [-0.39, 0.29) is 6.54 Å². The van der Waals surface area contributed by atoms with E-state index < -0.39 is 29.3 Å². The minimum atomic E-state index is -1.13. The van der Waals surface area contributed by atoms with Crippen molar-refractivity contribution in [2.75, 3.05) is 29.5 Å². The van der Waals surface area contributed by atoms with Crippen LogP contribution in [0, 0.1) is 0 Å². The molecule has 0 aliphatic carbocycles. The smallest absolute Gasteiger partial charge is 0.323 e. The topological polar surface area (TPSA) is 86.7 Å². The molecule has 1 aromatic rings. The maximum absolute atomic E-state index is 12.1. The average Bonchev–Trinajstić information content (AvgIpc) is 2.45. The maximum atomic E-state index is 12.1. The van der Waals surface area contributed by atoms with Crippen molar-refractivity contribution in [3.05, 3.63) is 29.3 Å². The molecule has 0 spiro atoms. The Morgan fingerprint density at radius 2 is 1.95 bits per heavy atom. The summed E-state index contributed by atoms with van der Waals surface area (Å²) in [6.45, 7) is 1.55. The largest absolute Gasteiger partial charge is 0.480 e. The SMILES string of the molecule is CCS(=O)CCNC(=O)N(CC(=O)O)c1ccc(Cl)cc1. The van der Waals surface area contributed by atoms with Crippen LogP contribution in [0.1, 0.15) is 6.92 Å². The number of nitrogens with one attached hydrogen (secondary N) is 1. The summed E-state index contributed by atoms with van der Waals surface area (Å²) in [7, 11) is -0.982. The van der Waals surface area contributed by atoms with Crippen LogP contribution < -0.4 is 10.2 Å². The lowest BCUT2D eigenvalue weighted by Gasteiger charge is -2.21. The number of carboxylic acid groups (broad SMARTS) is 1. The second kappa shape index (κ2) is 8.63. The van der Waals surface area contributed by atoms with Crippen molar-refractivity contribution in [3.63, 3.8) is 0 Å². The number of carboxylic acids is 1. The predicted molar refractivity (Wildman–Crippen MR) is 83.4 cm³/mol. The number of halogens is 1. The number of hydrogen-bond acceptors (Lipinski definition) is 3. The van der Waals surface area contributed by atoms with Crippen molar-refractivity contribution in [3.8, 4) is 0 Å². The number of carbonyl (C=O) groups excluding carboxylic acids is 1. The number of carbonyl (C=O) groups is 2. The number of hydrogen-bond donors (Lipinski definition) is 2. The maximum Gasteiger partial charge on any atom is 0.323 e. The fourth-order valence-corrected chi connectivity index (χ4v) is 2.29. The van der Waals surface area contributed by atoms with Gasteiger partial charge in [-0.2, -0.15) is 0 Å². The monoisotopic (exact) mass is 332 g/mol. The molecule has 0 aromatic heterocycles. The number of amides is 2. The van der Waals surface area contributed by atoms with Crippen LogP contribution in [0.5, 0.6) is 0 Å². The van der Waals surface area contributed by atoms with E-state index in [1.807, 2.05) is 0 Å². The van der Waals surface area contributed by atoms with Crippen molar-refractivity contribution in [2.24, 2.45) is 0 Å². The first-order chi connectivity index (χ1) is 9.93. The fourth-order valence-electron chi connectivity index (χ4n) is 1.55. The van der Waals surface area contributed by atoms with Crippen molar-refractivity contribution < 1.29 is 18.9 Å². The molecule has 116 valence electrons. The molecule has 1 unspecified atom stereocenters. The second-order valence-electron chi connectivity index (χ2n) is 4.12. The zero-order valence-electron chi connectivity index (χ0n) is 11.5. The summed E-state index contributed by atoms with van der Waals surface area (Å²) in [4.78, 5) is 24.0. The number of rotatable bonds is 7. The molecule has 2 N–H and O–H groups in total. The van der Waals surface area contributed by atoms with Crippen LogP contribution in [0.4, 0.5) is 10.5 Å². The quantitative estimate of drug-likeness (QED) is 0.795. The van der Waals surface area contributed by atoms with Crippen LogP contribution in [-0.2, 0) is 15.6 Å². The van der Waals surface area contributed by atoms with Crippen molar-refractivity contribution in [2.45, 2.75) is 6.92 Å². The van der Waals surface area contributed by atoms with Crippen LogP contribution in [0.25, 0.3) is 0 Å². The average molecular weight is 333 g/mol. The Labute approximate surface area is 130 Å². The van der Waals surface area contributed by atoms with Crippen LogP contribution in [0.2, 0.25) is 5.02 Å². The number of aliphatic carboxylic acids is 1. The van der Waals surface area contributed by atoms with Crippen molar-refractivity contribution in [1.29, 1.82) is 0 Å². The van der Waals surface area contributed by atoms with Crippen molar-refractivity contribution in [1.82, 2.24) is 5.32 Å². The van der Waals surface area contributed by atoms with Crippen molar-refractivity contribution >= 4 is 40.1 Å². The Morgan fingerprint density at radius 3 is 2.48 bits per heavy atom. The molecule has 0 saturated heterocycles. The van der Waals surface area contributed by atoms with E-state index in [0.717, 1.165) is 4.90 Å². The lowest BCUT2D eigenvalue weighted by atomic mass is 10.3. The number of benzene rings is 1. The Morgan fingerprint density at radius 1 is 1.33 bits per heavy atom. The molecule has 21 heavy (non-hydrogen) atoms. The summed E-state index contributed by atoms with van der Waals surface area (Å²) < 4.78 is 11.3. The first kappa shape index (κ1) is 17.5.